The minimum atomic E-state index is 0.575. The van der Waals surface area contributed by atoms with Crippen LogP contribution in [-0.4, -0.2) is 6.29 Å². The number of rotatable bonds is 0. The molecule has 0 unspecified atom stereocenters. The molecule has 0 bridgehead atoms. The molecule has 0 saturated carbocycles. The van der Waals surface area contributed by atoms with E-state index in [1.807, 2.05) is 13.0 Å². The van der Waals surface area contributed by atoms with Crippen molar-refractivity contribution in [1.29, 1.82) is 0 Å². The molecule has 0 fully saturated rings. The molecule has 0 aliphatic heterocycles. The molecule has 60 valence electrons. The molecular weight excluding hydrogens is 150 g/mol. The quantitative estimate of drug-likeness (QED) is 0.350. The maximum atomic E-state index is 9.93. The minimum Gasteiger partial charge on any atom is -0.399 e. The van der Waals surface area contributed by atoms with Gasteiger partial charge in [-0.2, -0.15) is 0 Å². The summed E-state index contributed by atoms with van der Waals surface area (Å²) in [6.07, 6.45) is 0.575. The molecule has 0 atom stereocenters. The second-order valence-corrected chi connectivity index (χ2v) is 2.46. The van der Waals surface area contributed by atoms with Crippen LogP contribution >= 0.6 is 0 Å². The van der Waals surface area contributed by atoms with Gasteiger partial charge in [0, 0.05) is 11.3 Å². The number of hydrogen-bond acceptors (Lipinski definition) is 2. The average Bonchev–Trinajstić information content (AvgIpc) is 2.07. The fourth-order valence-corrected chi connectivity index (χ4v) is 0.866. The number of aldehydes is 1. The Morgan fingerprint density at radius 3 is 2.83 bits per heavy atom. The van der Waals surface area contributed by atoms with Gasteiger partial charge in [-0.1, -0.05) is 5.92 Å². The Balaban J connectivity index is 3.04. The predicted octanol–water partition coefficient (Wildman–Crippen LogP) is 1.13. The van der Waals surface area contributed by atoms with E-state index in [0.29, 0.717) is 6.29 Å². The van der Waals surface area contributed by atoms with Gasteiger partial charge in [-0.3, -0.25) is 4.79 Å². The van der Waals surface area contributed by atoms with Gasteiger partial charge >= 0.3 is 0 Å². The molecule has 2 nitrogen and oxygen atoms in total. The molecule has 0 heterocycles. The van der Waals surface area contributed by atoms with E-state index in [1.165, 1.54) is 0 Å². The topological polar surface area (TPSA) is 43.1 Å². The second-order valence-electron chi connectivity index (χ2n) is 2.46. The van der Waals surface area contributed by atoms with Crippen molar-refractivity contribution in [1.82, 2.24) is 0 Å². The monoisotopic (exact) mass is 159 g/mol. The molecule has 12 heavy (non-hydrogen) atoms. The molecule has 0 spiro atoms. The average molecular weight is 159 g/mol. The molecule has 1 aromatic rings. The number of carbonyl (C=O) groups is 1. The first kappa shape index (κ1) is 8.35. The largest absolute Gasteiger partial charge is 0.399 e. The summed E-state index contributed by atoms with van der Waals surface area (Å²) in [5.74, 6) is 5.03. The third-order valence-corrected chi connectivity index (χ3v) is 1.55. The Kier molecular flexibility index (Phi) is 2.49. The van der Waals surface area contributed by atoms with Gasteiger partial charge in [0.1, 0.15) is 0 Å². The van der Waals surface area contributed by atoms with Crippen molar-refractivity contribution in [2.45, 2.75) is 6.92 Å². The van der Waals surface area contributed by atoms with Crippen LogP contribution in [0, 0.1) is 18.8 Å². The minimum absolute atomic E-state index is 0.575. The van der Waals surface area contributed by atoms with Gasteiger partial charge in [0.2, 0.25) is 0 Å². The fraction of sp³-hybridized carbons (Fsp3) is 0.100. The maximum Gasteiger partial charge on any atom is 0.193 e. The summed E-state index contributed by atoms with van der Waals surface area (Å²) in [7, 11) is 0. The Hall–Kier alpha value is -1.75. The molecule has 0 aliphatic rings. The first-order valence-corrected chi connectivity index (χ1v) is 3.55. The van der Waals surface area contributed by atoms with Crippen LogP contribution in [0.3, 0.4) is 0 Å². The van der Waals surface area contributed by atoms with Crippen molar-refractivity contribution in [2.24, 2.45) is 0 Å². The summed E-state index contributed by atoms with van der Waals surface area (Å²) < 4.78 is 0. The highest BCUT2D eigenvalue weighted by molar-refractivity contribution is 5.74. The SMILES string of the molecule is Cc1cc(C#CC=O)ccc1N. The van der Waals surface area contributed by atoms with E-state index in [2.05, 4.69) is 11.8 Å². The predicted molar refractivity (Wildman–Crippen MR) is 48.5 cm³/mol. The van der Waals surface area contributed by atoms with E-state index in [4.69, 9.17) is 5.73 Å². The molecule has 2 heteroatoms. The molecule has 0 saturated heterocycles. The lowest BCUT2D eigenvalue weighted by Crippen LogP contribution is -1.89. The fourth-order valence-electron chi connectivity index (χ4n) is 0.866. The van der Waals surface area contributed by atoms with Gasteiger partial charge in [-0.05, 0) is 36.6 Å². The van der Waals surface area contributed by atoms with Crippen molar-refractivity contribution < 1.29 is 4.79 Å². The Bertz CT molecular complexity index is 358. The summed E-state index contributed by atoms with van der Waals surface area (Å²) >= 11 is 0. The van der Waals surface area contributed by atoms with Crippen LogP contribution in [0.15, 0.2) is 18.2 Å². The number of nitrogens with two attached hydrogens (primary N) is 1. The van der Waals surface area contributed by atoms with Crippen molar-refractivity contribution in [3.63, 3.8) is 0 Å². The van der Waals surface area contributed by atoms with Crippen molar-refractivity contribution in [2.75, 3.05) is 5.73 Å². The Labute approximate surface area is 71.4 Å². The van der Waals surface area contributed by atoms with Crippen LogP contribution in [0.5, 0.6) is 0 Å². The van der Waals surface area contributed by atoms with E-state index >= 15 is 0 Å². The molecule has 1 aromatic carbocycles. The summed E-state index contributed by atoms with van der Waals surface area (Å²) in [4.78, 5) is 9.93. The van der Waals surface area contributed by atoms with Crippen molar-refractivity contribution >= 4 is 12.0 Å². The lowest BCUT2D eigenvalue weighted by atomic mass is 10.1. The van der Waals surface area contributed by atoms with Crippen molar-refractivity contribution in [3.05, 3.63) is 29.3 Å². The summed E-state index contributed by atoms with van der Waals surface area (Å²) in [6, 6.07) is 5.43. The van der Waals surface area contributed by atoms with Gasteiger partial charge < -0.3 is 5.73 Å². The van der Waals surface area contributed by atoms with Crippen LogP contribution in [0.2, 0.25) is 0 Å². The third kappa shape index (κ3) is 1.86. The zero-order chi connectivity index (χ0) is 8.97. The van der Waals surface area contributed by atoms with Crippen LogP contribution in [-0.2, 0) is 4.79 Å². The summed E-state index contributed by atoms with van der Waals surface area (Å²) in [6.45, 7) is 1.90. The van der Waals surface area contributed by atoms with Gasteiger partial charge in [0.05, 0.1) is 0 Å². The van der Waals surface area contributed by atoms with Crippen LogP contribution < -0.4 is 5.73 Å². The number of carbonyl (C=O) groups excluding carboxylic acids is 1. The Morgan fingerprint density at radius 1 is 1.50 bits per heavy atom. The highest BCUT2D eigenvalue weighted by Gasteiger charge is 1.92. The van der Waals surface area contributed by atoms with Gasteiger partial charge in [-0.25, -0.2) is 0 Å². The molecule has 1 rings (SSSR count). The number of aryl methyl sites for hydroxylation is 1. The molecule has 2 N–H and O–H groups in total. The standard InChI is InChI=1S/C10H9NO/c1-8-7-9(3-2-6-12)4-5-10(8)11/h4-7H,11H2,1H3. The first-order chi connectivity index (χ1) is 5.74. The van der Waals surface area contributed by atoms with E-state index in [0.717, 1.165) is 16.8 Å². The maximum absolute atomic E-state index is 9.93. The number of anilines is 1. The normalized spacial score (nSPS) is 8.42. The lowest BCUT2D eigenvalue weighted by Gasteiger charge is -1.98. The number of hydrogen-bond donors (Lipinski definition) is 1. The highest BCUT2D eigenvalue weighted by atomic mass is 16.1. The zero-order valence-electron chi connectivity index (χ0n) is 6.79. The highest BCUT2D eigenvalue weighted by Crippen LogP contribution is 2.11. The van der Waals surface area contributed by atoms with Crippen LogP contribution in [0.4, 0.5) is 5.69 Å². The lowest BCUT2D eigenvalue weighted by molar-refractivity contribution is -0.103. The summed E-state index contributed by atoms with van der Waals surface area (Å²) in [5.41, 5.74) is 8.13. The molecule has 0 aliphatic carbocycles. The molecule has 0 amide bonds. The van der Waals surface area contributed by atoms with Crippen LogP contribution in [0.1, 0.15) is 11.1 Å². The van der Waals surface area contributed by atoms with Gasteiger partial charge in [0.15, 0.2) is 6.29 Å². The van der Waals surface area contributed by atoms with Gasteiger partial charge in [0.25, 0.3) is 0 Å². The second kappa shape index (κ2) is 3.59. The molecule has 0 aromatic heterocycles. The number of benzene rings is 1. The molecular formula is C10H9NO. The smallest absolute Gasteiger partial charge is 0.193 e. The summed E-state index contributed by atoms with van der Waals surface area (Å²) in [5, 5.41) is 0. The van der Waals surface area contributed by atoms with E-state index in [1.54, 1.807) is 12.1 Å². The zero-order valence-corrected chi connectivity index (χ0v) is 6.79. The van der Waals surface area contributed by atoms with E-state index < -0.39 is 0 Å². The molecule has 0 radical (unpaired) electrons. The first-order valence-electron chi connectivity index (χ1n) is 3.55. The third-order valence-electron chi connectivity index (χ3n) is 1.55. The van der Waals surface area contributed by atoms with E-state index in [9.17, 15) is 4.79 Å². The van der Waals surface area contributed by atoms with Crippen molar-refractivity contribution in [3.8, 4) is 11.8 Å². The number of nitrogen functional groups attached to an aromatic ring is 1. The van der Waals surface area contributed by atoms with E-state index in [-0.39, 0.29) is 0 Å². The van der Waals surface area contributed by atoms with Gasteiger partial charge in [-0.15, -0.1) is 0 Å². The Morgan fingerprint density at radius 2 is 2.25 bits per heavy atom. The van der Waals surface area contributed by atoms with Crippen LogP contribution in [0.25, 0.3) is 0 Å².